The summed E-state index contributed by atoms with van der Waals surface area (Å²) in [5.74, 6) is -0.473. The molecule has 17 heavy (non-hydrogen) atoms. The molecule has 2 aromatic rings. The van der Waals surface area contributed by atoms with Gasteiger partial charge in [-0.2, -0.15) is 0 Å². The van der Waals surface area contributed by atoms with E-state index in [1.165, 1.54) is 4.68 Å². The lowest BCUT2D eigenvalue weighted by Crippen LogP contribution is -2.15. The Kier molecular flexibility index (Phi) is 2.78. The molecule has 1 heterocycles. The second-order valence-electron chi connectivity index (χ2n) is 3.77. The Hall–Kier alpha value is -2.37. The van der Waals surface area contributed by atoms with E-state index < -0.39 is 5.91 Å². The molecule has 0 atom stereocenters. The quantitative estimate of drug-likeness (QED) is 0.794. The molecule has 0 saturated heterocycles. The molecule has 6 heteroatoms. The molecule has 0 saturated carbocycles. The summed E-state index contributed by atoms with van der Waals surface area (Å²) in [6.45, 7) is 2.47. The zero-order valence-corrected chi connectivity index (χ0v) is 9.42. The van der Waals surface area contributed by atoms with Crippen molar-refractivity contribution in [2.45, 2.75) is 13.5 Å². The van der Waals surface area contributed by atoms with Crippen molar-refractivity contribution in [1.29, 1.82) is 0 Å². The van der Waals surface area contributed by atoms with Crippen molar-refractivity contribution >= 4 is 11.7 Å². The molecule has 4 N–H and O–H groups in total. The molecule has 6 nitrogen and oxygen atoms in total. The van der Waals surface area contributed by atoms with Crippen LogP contribution in [0.1, 0.15) is 21.6 Å². The summed E-state index contributed by atoms with van der Waals surface area (Å²) in [6.07, 6.45) is 0. The van der Waals surface area contributed by atoms with E-state index in [2.05, 4.69) is 10.3 Å². The molecular weight excluding hydrogens is 218 g/mol. The number of nitrogens with two attached hydrogens (primary N) is 2. The van der Waals surface area contributed by atoms with E-state index in [1.54, 1.807) is 0 Å². The lowest BCUT2D eigenvalue weighted by molar-refractivity contribution is 0.0996. The SMILES string of the molecule is Cc1ccccc1Cn1nnc(C(N)=O)c1N. The van der Waals surface area contributed by atoms with Gasteiger partial charge < -0.3 is 11.5 Å². The monoisotopic (exact) mass is 231 g/mol. The summed E-state index contributed by atoms with van der Waals surface area (Å²) < 4.78 is 1.46. The Bertz CT molecular complexity index is 561. The molecule has 0 unspecified atom stereocenters. The van der Waals surface area contributed by atoms with E-state index in [0.29, 0.717) is 6.54 Å². The van der Waals surface area contributed by atoms with E-state index in [-0.39, 0.29) is 11.5 Å². The highest BCUT2D eigenvalue weighted by atomic mass is 16.1. The van der Waals surface area contributed by atoms with Gasteiger partial charge in [-0.1, -0.05) is 29.5 Å². The van der Waals surface area contributed by atoms with Crippen LogP contribution in [-0.4, -0.2) is 20.9 Å². The number of nitrogens with zero attached hydrogens (tertiary/aromatic N) is 3. The smallest absolute Gasteiger partial charge is 0.273 e. The first-order valence-electron chi connectivity index (χ1n) is 5.13. The summed E-state index contributed by atoms with van der Waals surface area (Å²) in [5.41, 5.74) is 13.1. The first-order chi connectivity index (χ1) is 8.09. The van der Waals surface area contributed by atoms with Crippen LogP contribution in [0, 0.1) is 6.92 Å². The molecule has 1 aromatic heterocycles. The fourth-order valence-electron chi connectivity index (χ4n) is 1.56. The van der Waals surface area contributed by atoms with Crippen LogP contribution in [0.2, 0.25) is 0 Å². The van der Waals surface area contributed by atoms with Gasteiger partial charge in [-0.25, -0.2) is 4.68 Å². The average Bonchev–Trinajstić information content (AvgIpc) is 2.64. The number of hydrogen-bond acceptors (Lipinski definition) is 4. The largest absolute Gasteiger partial charge is 0.382 e. The number of aromatic nitrogens is 3. The van der Waals surface area contributed by atoms with Crippen molar-refractivity contribution < 1.29 is 4.79 Å². The molecule has 0 fully saturated rings. The molecule has 0 aliphatic rings. The van der Waals surface area contributed by atoms with Crippen molar-refractivity contribution in [3.8, 4) is 0 Å². The number of carbonyl (C=O) groups is 1. The van der Waals surface area contributed by atoms with Crippen LogP contribution < -0.4 is 11.5 Å². The Morgan fingerprint density at radius 2 is 2.12 bits per heavy atom. The standard InChI is InChI=1S/C11H13N5O/c1-7-4-2-3-5-8(7)6-16-10(12)9(11(13)17)14-15-16/h2-5H,6,12H2,1H3,(H2,13,17). The van der Waals surface area contributed by atoms with Crippen LogP contribution in [0.15, 0.2) is 24.3 Å². The number of carbonyl (C=O) groups excluding carboxylic acids is 1. The summed E-state index contributed by atoms with van der Waals surface area (Å²) in [5, 5.41) is 7.47. The minimum atomic E-state index is -0.668. The number of hydrogen-bond donors (Lipinski definition) is 2. The second kappa shape index (κ2) is 4.25. The maximum absolute atomic E-state index is 11.0. The summed E-state index contributed by atoms with van der Waals surface area (Å²) in [6, 6.07) is 7.86. The van der Waals surface area contributed by atoms with Crippen LogP contribution in [0.4, 0.5) is 5.82 Å². The van der Waals surface area contributed by atoms with E-state index >= 15 is 0 Å². The second-order valence-corrected chi connectivity index (χ2v) is 3.77. The van der Waals surface area contributed by atoms with Gasteiger partial charge in [0.1, 0.15) is 0 Å². The maximum atomic E-state index is 11.0. The zero-order chi connectivity index (χ0) is 12.4. The molecule has 1 amide bonds. The van der Waals surface area contributed by atoms with Crippen molar-refractivity contribution in [2.75, 3.05) is 5.73 Å². The highest BCUT2D eigenvalue weighted by molar-refractivity contribution is 5.94. The molecule has 1 aromatic carbocycles. The zero-order valence-electron chi connectivity index (χ0n) is 9.42. The van der Waals surface area contributed by atoms with Gasteiger partial charge in [-0.05, 0) is 18.1 Å². The predicted molar refractivity (Wildman–Crippen MR) is 63.2 cm³/mol. The van der Waals surface area contributed by atoms with E-state index in [4.69, 9.17) is 11.5 Å². The van der Waals surface area contributed by atoms with Crippen LogP contribution in [0.25, 0.3) is 0 Å². The first kappa shape index (κ1) is 11.1. The number of benzene rings is 1. The van der Waals surface area contributed by atoms with Crippen molar-refractivity contribution in [1.82, 2.24) is 15.0 Å². The number of rotatable bonds is 3. The minimum Gasteiger partial charge on any atom is -0.382 e. The van der Waals surface area contributed by atoms with Crippen LogP contribution in [0.5, 0.6) is 0 Å². The van der Waals surface area contributed by atoms with Crippen LogP contribution in [0.3, 0.4) is 0 Å². The molecule has 0 radical (unpaired) electrons. The lowest BCUT2D eigenvalue weighted by atomic mass is 10.1. The van der Waals surface area contributed by atoms with Gasteiger partial charge in [-0.3, -0.25) is 4.79 Å². The van der Waals surface area contributed by atoms with Gasteiger partial charge in [0.05, 0.1) is 6.54 Å². The number of aryl methyl sites for hydroxylation is 1. The van der Waals surface area contributed by atoms with Gasteiger partial charge in [0, 0.05) is 0 Å². The van der Waals surface area contributed by atoms with Gasteiger partial charge in [0.15, 0.2) is 11.5 Å². The van der Waals surface area contributed by atoms with Gasteiger partial charge >= 0.3 is 0 Å². The molecular formula is C11H13N5O. The van der Waals surface area contributed by atoms with Crippen molar-refractivity contribution in [3.63, 3.8) is 0 Å². The molecule has 2 rings (SSSR count). The number of nitrogen functional groups attached to an aromatic ring is 1. The number of primary amides is 1. The predicted octanol–water partition coefficient (Wildman–Crippen LogP) is 0.316. The normalized spacial score (nSPS) is 10.4. The Morgan fingerprint density at radius 1 is 1.41 bits per heavy atom. The Labute approximate surface area is 98.2 Å². The topological polar surface area (TPSA) is 99.8 Å². The third kappa shape index (κ3) is 2.10. The van der Waals surface area contributed by atoms with Crippen LogP contribution >= 0.6 is 0 Å². The van der Waals surface area contributed by atoms with Crippen molar-refractivity contribution in [2.24, 2.45) is 5.73 Å². The molecule has 0 aliphatic heterocycles. The van der Waals surface area contributed by atoms with E-state index in [0.717, 1.165) is 11.1 Å². The van der Waals surface area contributed by atoms with Gasteiger partial charge in [-0.15, -0.1) is 5.10 Å². The average molecular weight is 231 g/mol. The molecule has 0 bridgehead atoms. The first-order valence-corrected chi connectivity index (χ1v) is 5.13. The Morgan fingerprint density at radius 3 is 2.71 bits per heavy atom. The van der Waals surface area contributed by atoms with Gasteiger partial charge in [0.25, 0.3) is 5.91 Å². The van der Waals surface area contributed by atoms with E-state index in [9.17, 15) is 4.79 Å². The Balaban J connectivity index is 2.31. The van der Waals surface area contributed by atoms with Crippen molar-refractivity contribution in [3.05, 3.63) is 41.1 Å². The molecule has 0 spiro atoms. The number of amides is 1. The third-order valence-electron chi connectivity index (χ3n) is 2.59. The van der Waals surface area contributed by atoms with Gasteiger partial charge in [0.2, 0.25) is 0 Å². The fraction of sp³-hybridized carbons (Fsp3) is 0.182. The maximum Gasteiger partial charge on any atom is 0.273 e. The van der Waals surface area contributed by atoms with Crippen LogP contribution in [-0.2, 0) is 6.54 Å². The number of anilines is 1. The third-order valence-corrected chi connectivity index (χ3v) is 2.59. The van der Waals surface area contributed by atoms with E-state index in [1.807, 2.05) is 31.2 Å². The fourth-order valence-corrected chi connectivity index (χ4v) is 1.56. The minimum absolute atomic E-state index is 0.0126. The highest BCUT2D eigenvalue weighted by Gasteiger charge is 2.14. The summed E-state index contributed by atoms with van der Waals surface area (Å²) >= 11 is 0. The lowest BCUT2D eigenvalue weighted by Gasteiger charge is -2.06. The summed E-state index contributed by atoms with van der Waals surface area (Å²) in [4.78, 5) is 11.0. The highest BCUT2D eigenvalue weighted by Crippen LogP contribution is 2.12. The molecule has 88 valence electrons. The molecule has 0 aliphatic carbocycles. The summed E-state index contributed by atoms with van der Waals surface area (Å²) in [7, 11) is 0.